The zero-order valence-electron chi connectivity index (χ0n) is 9.50. The topological polar surface area (TPSA) is 23.5 Å². The van der Waals surface area contributed by atoms with Gasteiger partial charge in [-0.25, -0.2) is 4.39 Å². The molecule has 0 amide bonds. The van der Waals surface area contributed by atoms with E-state index in [1.165, 1.54) is 12.1 Å². The molecule has 3 heteroatoms. The van der Waals surface area contributed by atoms with Gasteiger partial charge in [-0.2, -0.15) is 0 Å². The molecule has 0 aromatic heterocycles. The zero-order chi connectivity index (χ0) is 11.5. The summed E-state index contributed by atoms with van der Waals surface area (Å²) in [6.07, 6.45) is 0. The summed E-state index contributed by atoms with van der Waals surface area (Å²) in [7, 11) is 1.92. The standard InChI is InChI=1S/C12H18FNO/c1-12(2,9-15)14(3)8-10-5-4-6-11(13)7-10/h4-7,15H,8-9H2,1-3H3. The van der Waals surface area contributed by atoms with E-state index in [-0.39, 0.29) is 18.0 Å². The molecule has 0 atom stereocenters. The number of benzene rings is 1. The van der Waals surface area contributed by atoms with Crippen molar-refractivity contribution in [3.05, 3.63) is 35.6 Å². The average molecular weight is 211 g/mol. The molecule has 0 radical (unpaired) electrons. The van der Waals surface area contributed by atoms with Crippen LogP contribution >= 0.6 is 0 Å². The SMILES string of the molecule is CN(Cc1cccc(F)c1)C(C)(C)CO. The van der Waals surface area contributed by atoms with Crippen LogP contribution in [0, 0.1) is 5.82 Å². The second kappa shape index (κ2) is 4.73. The van der Waals surface area contributed by atoms with Crippen molar-refractivity contribution in [2.24, 2.45) is 0 Å². The Labute approximate surface area is 90.3 Å². The van der Waals surface area contributed by atoms with Gasteiger partial charge in [-0.3, -0.25) is 4.90 Å². The van der Waals surface area contributed by atoms with E-state index in [0.29, 0.717) is 6.54 Å². The first kappa shape index (κ1) is 12.1. The molecule has 2 nitrogen and oxygen atoms in total. The van der Waals surface area contributed by atoms with Crippen LogP contribution in [0.1, 0.15) is 19.4 Å². The quantitative estimate of drug-likeness (QED) is 0.823. The minimum atomic E-state index is -0.285. The van der Waals surface area contributed by atoms with Gasteiger partial charge in [-0.05, 0) is 38.6 Å². The van der Waals surface area contributed by atoms with Crippen molar-refractivity contribution in [3.8, 4) is 0 Å². The van der Waals surface area contributed by atoms with E-state index in [9.17, 15) is 9.50 Å². The summed E-state index contributed by atoms with van der Waals surface area (Å²) < 4.78 is 12.9. The van der Waals surface area contributed by atoms with E-state index in [4.69, 9.17) is 0 Å². The summed E-state index contributed by atoms with van der Waals surface area (Å²) in [5.74, 6) is -0.220. The van der Waals surface area contributed by atoms with Crippen molar-refractivity contribution in [1.82, 2.24) is 4.90 Å². The highest BCUT2D eigenvalue weighted by Crippen LogP contribution is 2.15. The molecule has 1 aromatic rings. The Balaban J connectivity index is 2.70. The first-order valence-electron chi connectivity index (χ1n) is 5.02. The Morgan fingerprint density at radius 3 is 2.60 bits per heavy atom. The van der Waals surface area contributed by atoms with Crippen molar-refractivity contribution in [2.75, 3.05) is 13.7 Å². The van der Waals surface area contributed by atoms with Crippen molar-refractivity contribution in [3.63, 3.8) is 0 Å². The Morgan fingerprint density at radius 2 is 2.07 bits per heavy atom. The number of rotatable bonds is 4. The molecule has 0 bridgehead atoms. The summed E-state index contributed by atoms with van der Waals surface area (Å²) >= 11 is 0. The van der Waals surface area contributed by atoms with E-state index >= 15 is 0 Å². The molecule has 0 saturated heterocycles. The largest absolute Gasteiger partial charge is 0.394 e. The Morgan fingerprint density at radius 1 is 1.40 bits per heavy atom. The maximum atomic E-state index is 12.9. The maximum absolute atomic E-state index is 12.9. The van der Waals surface area contributed by atoms with Crippen LogP contribution in [-0.4, -0.2) is 29.2 Å². The summed E-state index contributed by atoms with van der Waals surface area (Å²) in [5, 5.41) is 9.18. The number of nitrogens with zero attached hydrogens (tertiary/aromatic N) is 1. The lowest BCUT2D eigenvalue weighted by atomic mass is 10.0. The summed E-state index contributed by atoms with van der Waals surface area (Å²) in [4.78, 5) is 2.00. The maximum Gasteiger partial charge on any atom is 0.123 e. The zero-order valence-corrected chi connectivity index (χ0v) is 9.50. The van der Waals surface area contributed by atoms with Crippen molar-refractivity contribution >= 4 is 0 Å². The number of aliphatic hydroxyl groups excluding tert-OH is 1. The third-order valence-electron chi connectivity index (χ3n) is 2.73. The second-order valence-corrected chi connectivity index (χ2v) is 4.46. The molecule has 84 valence electrons. The molecule has 0 aliphatic heterocycles. The summed E-state index contributed by atoms with van der Waals surface area (Å²) in [5.41, 5.74) is 0.630. The number of hydrogen-bond acceptors (Lipinski definition) is 2. The Kier molecular flexibility index (Phi) is 3.83. The van der Waals surface area contributed by atoms with Crippen molar-refractivity contribution < 1.29 is 9.50 Å². The predicted octanol–water partition coefficient (Wildman–Crippen LogP) is 2.03. The summed E-state index contributed by atoms with van der Waals surface area (Å²) in [6, 6.07) is 6.53. The van der Waals surface area contributed by atoms with Gasteiger partial charge in [0.2, 0.25) is 0 Å². The van der Waals surface area contributed by atoms with E-state index in [1.54, 1.807) is 6.07 Å². The molecular formula is C12H18FNO. The van der Waals surface area contributed by atoms with E-state index in [1.807, 2.05) is 31.9 Å². The van der Waals surface area contributed by atoms with Crippen LogP contribution in [0.5, 0.6) is 0 Å². The summed E-state index contributed by atoms with van der Waals surface area (Å²) in [6.45, 7) is 4.61. The first-order chi connectivity index (χ1) is 6.95. The second-order valence-electron chi connectivity index (χ2n) is 4.46. The van der Waals surface area contributed by atoms with Crippen LogP contribution in [0.15, 0.2) is 24.3 Å². The number of halogens is 1. The molecule has 0 spiro atoms. The van der Waals surface area contributed by atoms with E-state index in [0.717, 1.165) is 5.56 Å². The van der Waals surface area contributed by atoms with Crippen LogP contribution < -0.4 is 0 Å². The van der Waals surface area contributed by atoms with Crippen LogP contribution in [0.3, 0.4) is 0 Å². The smallest absolute Gasteiger partial charge is 0.123 e. The van der Waals surface area contributed by atoms with Gasteiger partial charge < -0.3 is 5.11 Å². The average Bonchev–Trinajstić information content (AvgIpc) is 2.17. The van der Waals surface area contributed by atoms with Crippen LogP contribution in [0.2, 0.25) is 0 Å². The number of aliphatic hydroxyl groups is 1. The fourth-order valence-corrected chi connectivity index (χ4v) is 1.24. The third kappa shape index (κ3) is 3.29. The fourth-order valence-electron chi connectivity index (χ4n) is 1.24. The van der Waals surface area contributed by atoms with Gasteiger partial charge in [0.05, 0.1) is 6.61 Å². The molecule has 0 unspecified atom stereocenters. The lowest BCUT2D eigenvalue weighted by Gasteiger charge is -2.33. The van der Waals surface area contributed by atoms with Gasteiger partial charge in [0, 0.05) is 12.1 Å². The minimum absolute atomic E-state index is 0.0822. The van der Waals surface area contributed by atoms with Crippen molar-refractivity contribution in [2.45, 2.75) is 25.9 Å². The van der Waals surface area contributed by atoms with E-state index < -0.39 is 0 Å². The molecule has 0 aliphatic carbocycles. The molecule has 0 heterocycles. The van der Waals surface area contributed by atoms with Gasteiger partial charge in [0.25, 0.3) is 0 Å². The Hall–Kier alpha value is -0.930. The van der Waals surface area contributed by atoms with Crippen LogP contribution in [-0.2, 0) is 6.54 Å². The predicted molar refractivity (Wildman–Crippen MR) is 59.0 cm³/mol. The highest BCUT2D eigenvalue weighted by Gasteiger charge is 2.22. The number of likely N-dealkylation sites (N-methyl/N-ethyl adjacent to an activating group) is 1. The van der Waals surface area contributed by atoms with E-state index in [2.05, 4.69) is 0 Å². The number of hydrogen-bond donors (Lipinski definition) is 1. The molecule has 1 N–H and O–H groups in total. The van der Waals surface area contributed by atoms with Crippen LogP contribution in [0.4, 0.5) is 4.39 Å². The van der Waals surface area contributed by atoms with Gasteiger partial charge in [0.1, 0.15) is 5.82 Å². The molecule has 0 fully saturated rings. The monoisotopic (exact) mass is 211 g/mol. The van der Waals surface area contributed by atoms with Gasteiger partial charge in [-0.15, -0.1) is 0 Å². The Bertz CT molecular complexity index is 325. The van der Waals surface area contributed by atoms with Crippen LogP contribution in [0.25, 0.3) is 0 Å². The molecule has 0 saturated carbocycles. The lowest BCUT2D eigenvalue weighted by molar-refractivity contribution is 0.0733. The van der Waals surface area contributed by atoms with Gasteiger partial charge in [0.15, 0.2) is 0 Å². The fraction of sp³-hybridized carbons (Fsp3) is 0.500. The molecule has 1 rings (SSSR count). The molecule has 15 heavy (non-hydrogen) atoms. The molecular weight excluding hydrogens is 193 g/mol. The van der Waals surface area contributed by atoms with Gasteiger partial charge >= 0.3 is 0 Å². The lowest BCUT2D eigenvalue weighted by Crippen LogP contribution is -2.43. The molecule has 0 aliphatic rings. The highest BCUT2D eigenvalue weighted by atomic mass is 19.1. The normalized spacial score (nSPS) is 12.1. The molecule has 1 aromatic carbocycles. The third-order valence-corrected chi connectivity index (χ3v) is 2.73. The first-order valence-corrected chi connectivity index (χ1v) is 5.02. The highest BCUT2D eigenvalue weighted by molar-refractivity contribution is 5.16. The van der Waals surface area contributed by atoms with Gasteiger partial charge in [-0.1, -0.05) is 12.1 Å². The van der Waals surface area contributed by atoms with Crippen molar-refractivity contribution in [1.29, 1.82) is 0 Å². The minimum Gasteiger partial charge on any atom is -0.394 e.